The van der Waals surface area contributed by atoms with Gasteiger partial charge in [0.25, 0.3) is 0 Å². The summed E-state index contributed by atoms with van der Waals surface area (Å²) in [5.74, 6) is 1.18. The third-order valence-corrected chi connectivity index (χ3v) is 2.69. The van der Waals surface area contributed by atoms with Gasteiger partial charge in [0.05, 0.1) is 17.6 Å². The highest BCUT2D eigenvalue weighted by Gasteiger charge is 2.28. The Morgan fingerprint density at radius 1 is 1.07 bits per heavy atom. The van der Waals surface area contributed by atoms with Crippen molar-refractivity contribution >= 4 is 6.01 Å². The Morgan fingerprint density at radius 3 is 1.93 bits per heavy atom. The van der Waals surface area contributed by atoms with Crippen LogP contribution in [0.1, 0.15) is 54.9 Å². The third-order valence-electron chi connectivity index (χ3n) is 2.69. The summed E-state index contributed by atoms with van der Waals surface area (Å²) < 4.78 is 0. The molecular weight excluding hydrogens is 184 g/mol. The van der Waals surface area contributed by atoms with Crippen LogP contribution in [-0.2, 0) is 0 Å². The van der Waals surface area contributed by atoms with Crippen LogP contribution in [0, 0.1) is 11.8 Å². The molecule has 2 heteroatoms. The lowest BCUT2D eigenvalue weighted by Crippen LogP contribution is -2.30. The molecule has 0 aliphatic rings. The first-order valence-corrected chi connectivity index (χ1v) is 5.94. The SMILES string of the molecule is CC(C)CC(C)(N=C=NC(C)C)C(C)C. The lowest BCUT2D eigenvalue weighted by atomic mass is 9.82. The second-order valence-corrected chi connectivity index (χ2v) is 5.54. The van der Waals surface area contributed by atoms with E-state index in [-0.39, 0.29) is 11.6 Å². The molecule has 0 bridgehead atoms. The van der Waals surface area contributed by atoms with E-state index < -0.39 is 0 Å². The second kappa shape index (κ2) is 6.07. The summed E-state index contributed by atoms with van der Waals surface area (Å²) in [6.45, 7) is 15.2. The summed E-state index contributed by atoms with van der Waals surface area (Å²) in [5, 5.41) is 0. The number of hydrogen-bond acceptors (Lipinski definition) is 2. The molecule has 0 amide bonds. The summed E-state index contributed by atoms with van der Waals surface area (Å²) in [6.07, 6.45) is 1.09. The van der Waals surface area contributed by atoms with Gasteiger partial charge in [-0.25, -0.2) is 9.98 Å². The first-order valence-electron chi connectivity index (χ1n) is 5.94. The van der Waals surface area contributed by atoms with E-state index in [1.54, 1.807) is 0 Å². The third kappa shape index (κ3) is 5.74. The molecule has 0 aliphatic heterocycles. The maximum Gasteiger partial charge on any atom is 0.0901 e. The molecule has 1 unspecified atom stereocenters. The highest BCUT2D eigenvalue weighted by atomic mass is 14.9. The van der Waals surface area contributed by atoms with Gasteiger partial charge in [0.15, 0.2) is 0 Å². The van der Waals surface area contributed by atoms with Crippen molar-refractivity contribution in [3.63, 3.8) is 0 Å². The largest absolute Gasteiger partial charge is 0.223 e. The van der Waals surface area contributed by atoms with Crippen molar-refractivity contribution < 1.29 is 0 Å². The van der Waals surface area contributed by atoms with Gasteiger partial charge >= 0.3 is 0 Å². The van der Waals surface area contributed by atoms with Gasteiger partial charge < -0.3 is 0 Å². The molecule has 1 atom stereocenters. The van der Waals surface area contributed by atoms with Gasteiger partial charge in [0, 0.05) is 0 Å². The molecule has 0 aromatic carbocycles. The van der Waals surface area contributed by atoms with Crippen LogP contribution in [0.5, 0.6) is 0 Å². The molecule has 2 nitrogen and oxygen atoms in total. The van der Waals surface area contributed by atoms with Crippen molar-refractivity contribution in [3.05, 3.63) is 0 Å². The van der Waals surface area contributed by atoms with Crippen LogP contribution in [0.3, 0.4) is 0 Å². The summed E-state index contributed by atoms with van der Waals surface area (Å²) in [6, 6.07) is 3.14. The van der Waals surface area contributed by atoms with E-state index in [1.165, 1.54) is 0 Å². The molecule has 0 fully saturated rings. The van der Waals surface area contributed by atoms with Gasteiger partial charge in [0.2, 0.25) is 0 Å². The predicted octanol–water partition coefficient (Wildman–Crippen LogP) is 4.03. The van der Waals surface area contributed by atoms with Gasteiger partial charge in [0.1, 0.15) is 0 Å². The minimum atomic E-state index is -0.0213. The van der Waals surface area contributed by atoms with E-state index in [1.807, 2.05) is 13.8 Å². The Kier molecular flexibility index (Phi) is 5.82. The molecule has 0 aliphatic carbocycles. The standard InChI is InChI=1S/C13H26N2/c1-10(2)8-13(7,11(3)4)15-9-14-12(5)6/h10-12H,8H2,1-7H3. The monoisotopic (exact) mass is 210 g/mol. The van der Waals surface area contributed by atoms with Crippen molar-refractivity contribution in [2.75, 3.05) is 0 Å². The second-order valence-electron chi connectivity index (χ2n) is 5.54. The van der Waals surface area contributed by atoms with Crippen LogP contribution < -0.4 is 0 Å². The molecule has 0 aromatic heterocycles. The van der Waals surface area contributed by atoms with E-state index in [0.29, 0.717) is 11.8 Å². The number of aliphatic imine (C=N–C) groups is 2. The summed E-state index contributed by atoms with van der Waals surface area (Å²) in [5.41, 5.74) is -0.0213. The normalized spacial score (nSPS) is 15.3. The predicted molar refractivity (Wildman–Crippen MR) is 67.7 cm³/mol. The Morgan fingerprint density at radius 2 is 1.60 bits per heavy atom. The summed E-state index contributed by atoms with van der Waals surface area (Å²) in [7, 11) is 0. The van der Waals surface area contributed by atoms with Crippen LogP contribution in [0.15, 0.2) is 9.98 Å². The highest BCUT2D eigenvalue weighted by molar-refractivity contribution is 5.42. The first-order chi connectivity index (χ1) is 6.78. The van der Waals surface area contributed by atoms with E-state index >= 15 is 0 Å². The fourth-order valence-electron chi connectivity index (χ4n) is 1.50. The zero-order chi connectivity index (χ0) is 12.1. The molecule has 0 aromatic rings. The van der Waals surface area contributed by atoms with E-state index in [4.69, 9.17) is 0 Å². The van der Waals surface area contributed by atoms with Gasteiger partial charge in [-0.1, -0.05) is 27.7 Å². The molecule has 0 radical (unpaired) electrons. The minimum Gasteiger partial charge on any atom is -0.223 e. The zero-order valence-corrected chi connectivity index (χ0v) is 11.3. The average Bonchev–Trinajstić information content (AvgIpc) is 2.01. The van der Waals surface area contributed by atoms with Gasteiger partial charge in [-0.2, -0.15) is 0 Å². The maximum atomic E-state index is 4.52. The summed E-state index contributed by atoms with van der Waals surface area (Å²) in [4.78, 5) is 8.70. The molecule has 15 heavy (non-hydrogen) atoms. The molecule has 0 N–H and O–H groups in total. The zero-order valence-electron chi connectivity index (χ0n) is 11.3. The molecule has 0 spiro atoms. The molecule has 0 saturated heterocycles. The van der Waals surface area contributed by atoms with Crippen molar-refractivity contribution in [2.45, 2.75) is 66.5 Å². The Balaban J connectivity index is 4.73. The number of hydrogen-bond donors (Lipinski definition) is 0. The Bertz CT molecular complexity index is 235. The topological polar surface area (TPSA) is 24.7 Å². The van der Waals surface area contributed by atoms with Crippen molar-refractivity contribution in [1.82, 2.24) is 0 Å². The van der Waals surface area contributed by atoms with E-state index in [2.05, 4.69) is 50.6 Å². The lowest BCUT2D eigenvalue weighted by Gasteiger charge is -2.29. The fraction of sp³-hybridized carbons (Fsp3) is 0.923. The molecule has 0 heterocycles. The Labute approximate surface area is 94.9 Å². The van der Waals surface area contributed by atoms with E-state index in [9.17, 15) is 0 Å². The summed E-state index contributed by atoms with van der Waals surface area (Å²) >= 11 is 0. The van der Waals surface area contributed by atoms with Gasteiger partial charge in [-0.05, 0) is 39.0 Å². The molecule has 88 valence electrons. The van der Waals surface area contributed by atoms with Crippen molar-refractivity contribution in [2.24, 2.45) is 21.8 Å². The van der Waals surface area contributed by atoms with Crippen molar-refractivity contribution in [3.8, 4) is 0 Å². The van der Waals surface area contributed by atoms with Gasteiger partial charge in [-0.3, -0.25) is 0 Å². The van der Waals surface area contributed by atoms with Crippen molar-refractivity contribution in [1.29, 1.82) is 0 Å². The Hall–Kier alpha value is -0.620. The molecule has 0 saturated carbocycles. The minimum absolute atomic E-state index is 0.0213. The fourth-order valence-corrected chi connectivity index (χ4v) is 1.50. The number of nitrogens with zero attached hydrogens (tertiary/aromatic N) is 2. The smallest absolute Gasteiger partial charge is 0.0901 e. The first kappa shape index (κ1) is 14.4. The quantitative estimate of drug-likeness (QED) is 0.612. The number of rotatable bonds is 5. The molecule has 0 rings (SSSR count). The maximum absolute atomic E-state index is 4.52. The average molecular weight is 210 g/mol. The van der Waals surface area contributed by atoms with Crippen LogP contribution in [-0.4, -0.2) is 17.6 Å². The van der Waals surface area contributed by atoms with Crippen LogP contribution in [0.2, 0.25) is 0 Å². The lowest BCUT2D eigenvalue weighted by molar-refractivity contribution is 0.284. The highest BCUT2D eigenvalue weighted by Crippen LogP contribution is 2.28. The van der Waals surface area contributed by atoms with Crippen LogP contribution in [0.4, 0.5) is 0 Å². The van der Waals surface area contributed by atoms with Crippen LogP contribution in [0.25, 0.3) is 0 Å². The van der Waals surface area contributed by atoms with E-state index in [0.717, 1.165) is 6.42 Å². The van der Waals surface area contributed by atoms with Gasteiger partial charge in [-0.15, -0.1) is 0 Å². The molecular formula is C13H26N2. The van der Waals surface area contributed by atoms with Crippen LogP contribution >= 0.6 is 0 Å².